The monoisotopic (exact) mass is 333 g/mol. The lowest BCUT2D eigenvalue weighted by Crippen LogP contribution is -2.32. The Morgan fingerprint density at radius 3 is 2.75 bits per heavy atom. The first-order valence-electron chi connectivity index (χ1n) is 8.44. The smallest absolute Gasteiger partial charge is 0.336 e. The fourth-order valence-corrected chi connectivity index (χ4v) is 2.56. The Bertz CT molecular complexity index is 736. The first kappa shape index (κ1) is 18.5. The Hall–Kier alpha value is -1.85. The summed E-state index contributed by atoms with van der Waals surface area (Å²) in [5.74, 6) is 1.27. The molecule has 0 radical (unpaired) electrons. The number of rotatable bonds is 8. The summed E-state index contributed by atoms with van der Waals surface area (Å²) in [6.45, 7) is 9.64. The average molecular weight is 333 g/mol. The summed E-state index contributed by atoms with van der Waals surface area (Å²) in [6, 6.07) is 5.21. The Labute approximate surface area is 142 Å². The van der Waals surface area contributed by atoms with Gasteiger partial charge < -0.3 is 19.6 Å². The summed E-state index contributed by atoms with van der Waals surface area (Å²) in [6.07, 6.45) is 0.493. The Kier molecular flexibility index (Phi) is 6.40. The molecule has 0 aliphatic rings. The molecule has 0 saturated heterocycles. The zero-order chi connectivity index (χ0) is 17.7. The van der Waals surface area contributed by atoms with Gasteiger partial charge in [0.2, 0.25) is 0 Å². The van der Waals surface area contributed by atoms with Crippen LogP contribution in [0.2, 0.25) is 0 Å². The van der Waals surface area contributed by atoms with Crippen LogP contribution >= 0.6 is 0 Å². The number of aliphatic hydroxyl groups excluding tert-OH is 1. The number of benzene rings is 1. The predicted octanol–water partition coefficient (Wildman–Crippen LogP) is 2.79. The van der Waals surface area contributed by atoms with E-state index in [9.17, 15) is 9.90 Å². The highest BCUT2D eigenvalue weighted by molar-refractivity contribution is 5.84. The molecule has 2 aromatic rings. The van der Waals surface area contributed by atoms with Crippen LogP contribution in [0.3, 0.4) is 0 Å². The van der Waals surface area contributed by atoms with Crippen molar-refractivity contribution in [2.45, 2.75) is 40.2 Å². The molecule has 0 amide bonds. The quantitative estimate of drug-likeness (QED) is 0.574. The van der Waals surface area contributed by atoms with Gasteiger partial charge in [-0.15, -0.1) is 0 Å². The molecule has 1 aromatic heterocycles. The first-order valence-corrected chi connectivity index (χ1v) is 8.44. The van der Waals surface area contributed by atoms with Gasteiger partial charge in [0.25, 0.3) is 0 Å². The molecular formula is C19H27NO4. The van der Waals surface area contributed by atoms with Crippen molar-refractivity contribution in [2.75, 3.05) is 19.7 Å². The highest BCUT2D eigenvalue weighted by Gasteiger charge is 2.12. The van der Waals surface area contributed by atoms with Crippen molar-refractivity contribution in [1.82, 2.24) is 5.32 Å². The van der Waals surface area contributed by atoms with Crippen molar-refractivity contribution < 1.29 is 14.3 Å². The summed E-state index contributed by atoms with van der Waals surface area (Å²) >= 11 is 0. The molecule has 0 unspecified atom stereocenters. The fourth-order valence-electron chi connectivity index (χ4n) is 2.56. The van der Waals surface area contributed by atoms with E-state index in [0.717, 1.165) is 29.5 Å². The van der Waals surface area contributed by atoms with Gasteiger partial charge in [-0.3, -0.25) is 0 Å². The Balaban J connectivity index is 1.98. The molecule has 2 N–H and O–H groups in total. The van der Waals surface area contributed by atoms with Gasteiger partial charge in [0, 0.05) is 23.6 Å². The third-order valence-corrected chi connectivity index (χ3v) is 4.03. The van der Waals surface area contributed by atoms with Crippen molar-refractivity contribution >= 4 is 11.0 Å². The van der Waals surface area contributed by atoms with Crippen molar-refractivity contribution in [3.63, 3.8) is 0 Å². The number of hydrogen-bond acceptors (Lipinski definition) is 5. The number of ether oxygens (including phenoxy) is 1. The fraction of sp³-hybridized carbons (Fsp3) is 0.526. The van der Waals surface area contributed by atoms with Gasteiger partial charge >= 0.3 is 5.63 Å². The van der Waals surface area contributed by atoms with Crippen molar-refractivity contribution in [2.24, 2.45) is 5.92 Å². The molecule has 132 valence electrons. The molecule has 0 bridgehead atoms. The zero-order valence-electron chi connectivity index (χ0n) is 14.9. The molecule has 0 aliphatic carbocycles. The molecule has 2 rings (SSSR count). The number of fused-ring (bicyclic) bond motifs is 1. The lowest BCUT2D eigenvalue weighted by Gasteiger charge is -2.15. The largest absolute Gasteiger partial charge is 0.490 e. The second kappa shape index (κ2) is 8.31. The minimum atomic E-state index is -0.586. The molecule has 1 heterocycles. The third-order valence-electron chi connectivity index (χ3n) is 4.03. The van der Waals surface area contributed by atoms with E-state index in [1.54, 1.807) is 0 Å². The molecule has 0 saturated carbocycles. The molecule has 0 aliphatic heterocycles. The minimum Gasteiger partial charge on any atom is -0.490 e. The van der Waals surface area contributed by atoms with Crippen LogP contribution in [0.1, 0.15) is 31.4 Å². The SMILES string of the molecule is Cc1cc(=O)oc2c(C)c(OC[C@@H](O)CNCCC(C)C)ccc12. The van der Waals surface area contributed by atoms with Gasteiger partial charge in [-0.25, -0.2) is 4.79 Å². The third kappa shape index (κ3) is 4.82. The van der Waals surface area contributed by atoms with E-state index in [1.807, 2.05) is 26.0 Å². The van der Waals surface area contributed by atoms with Crippen molar-refractivity contribution in [3.05, 3.63) is 39.7 Å². The summed E-state index contributed by atoms with van der Waals surface area (Å²) in [5, 5.41) is 14.1. The summed E-state index contributed by atoms with van der Waals surface area (Å²) in [5.41, 5.74) is 1.83. The number of nitrogens with one attached hydrogen (secondary N) is 1. The van der Waals surface area contributed by atoms with Crippen LogP contribution in [0.5, 0.6) is 5.75 Å². The van der Waals surface area contributed by atoms with E-state index < -0.39 is 6.10 Å². The van der Waals surface area contributed by atoms with Gasteiger partial charge in [0.15, 0.2) is 0 Å². The van der Waals surface area contributed by atoms with E-state index in [4.69, 9.17) is 9.15 Å². The van der Waals surface area contributed by atoms with Gasteiger partial charge in [0.05, 0.1) is 0 Å². The summed E-state index contributed by atoms with van der Waals surface area (Å²) in [4.78, 5) is 11.6. The van der Waals surface area contributed by atoms with Crippen LogP contribution in [0.4, 0.5) is 0 Å². The van der Waals surface area contributed by atoms with Crippen LogP contribution in [0, 0.1) is 19.8 Å². The van der Waals surface area contributed by atoms with E-state index >= 15 is 0 Å². The van der Waals surface area contributed by atoms with Gasteiger partial charge in [0.1, 0.15) is 24.0 Å². The Morgan fingerprint density at radius 2 is 2.04 bits per heavy atom. The highest BCUT2D eigenvalue weighted by Crippen LogP contribution is 2.28. The lowest BCUT2D eigenvalue weighted by molar-refractivity contribution is 0.106. The molecule has 5 heteroatoms. The van der Waals surface area contributed by atoms with Crippen LogP contribution in [-0.4, -0.2) is 30.9 Å². The number of aliphatic hydroxyl groups is 1. The maximum absolute atomic E-state index is 11.6. The topological polar surface area (TPSA) is 71.7 Å². The maximum atomic E-state index is 11.6. The van der Waals surface area contributed by atoms with Crippen LogP contribution in [0.15, 0.2) is 27.4 Å². The second-order valence-electron chi connectivity index (χ2n) is 6.67. The van der Waals surface area contributed by atoms with Gasteiger partial charge in [-0.2, -0.15) is 0 Å². The standard InChI is InChI=1S/C19H27NO4/c1-12(2)7-8-20-10-15(21)11-23-17-6-5-16-13(3)9-18(22)24-19(16)14(17)4/h5-6,9,12,15,20-21H,7-8,10-11H2,1-4H3/t15-/m0/s1. The molecular weight excluding hydrogens is 306 g/mol. The molecule has 24 heavy (non-hydrogen) atoms. The lowest BCUT2D eigenvalue weighted by atomic mass is 10.1. The van der Waals surface area contributed by atoms with Crippen LogP contribution in [0.25, 0.3) is 11.0 Å². The summed E-state index contributed by atoms with van der Waals surface area (Å²) < 4.78 is 11.0. The van der Waals surface area contributed by atoms with E-state index in [0.29, 0.717) is 23.8 Å². The molecule has 1 atom stereocenters. The number of hydrogen-bond donors (Lipinski definition) is 2. The molecule has 0 spiro atoms. The predicted molar refractivity (Wildman–Crippen MR) is 95.8 cm³/mol. The van der Waals surface area contributed by atoms with Crippen molar-refractivity contribution in [3.8, 4) is 5.75 Å². The second-order valence-corrected chi connectivity index (χ2v) is 6.67. The van der Waals surface area contributed by atoms with E-state index in [2.05, 4.69) is 19.2 Å². The van der Waals surface area contributed by atoms with E-state index in [-0.39, 0.29) is 12.2 Å². The van der Waals surface area contributed by atoms with Gasteiger partial charge in [-0.05, 0) is 50.4 Å². The first-order chi connectivity index (χ1) is 11.4. The average Bonchev–Trinajstić information content (AvgIpc) is 2.51. The number of aryl methyl sites for hydroxylation is 2. The zero-order valence-corrected chi connectivity index (χ0v) is 14.9. The normalized spacial score (nSPS) is 12.8. The highest BCUT2D eigenvalue weighted by atomic mass is 16.5. The van der Waals surface area contributed by atoms with Crippen molar-refractivity contribution in [1.29, 1.82) is 0 Å². The van der Waals surface area contributed by atoms with Gasteiger partial charge in [-0.1, -0.05) is 13.8 Å². The Morgan fingerprint density at radius 1 is 1.29 bits per heavy atom. The molecule has 5 nitrogen and oxygen atoms in total. The minimum absolute atomic E-state index is 0.192. The maximum Gasteiger partial charge on any atom is 0.336 e. The molecule has 0 fully saturated rings. The van der Waals surface area contributed by atoms with E-state index in [1.165, 1.54) is 6.07 Å². The van der Waals surface area contributed by atoms with Crippen LogP contribution < -0.4 is 15.7 Å². The van der Waals surface area contributed by atoms with Crippen LogP contribution in [-0.2, 0) is 0 Å². The molecule has 1 aromatic carbocycles. The summed E-state index contributed by atoms with van der Waals surface area (Å²) in [7, 11) is 0.